The summed E-state index contributed by atoms with van der Waals surface area (Å²) in [4.78, 5) is 15.8. The van der Waals surface area contributed by atoms with E-state index in [1.54, 1.807) is 6.07 Å². The van der Waals surface area contributed by atoms with Crippen LogP contribution < -0.4 is 14.5 Å². The Bertz CT molecular complexity index is 1170. The number of hydrogen-bond acceptors (Lipinski definition) is 6. The van der Waals surface area contributed by atoms with Gasteiger partial charge in [-0.2, -0.15) is 0 Å². The highest BCUT2D eigenvalue weighted by molar-refractivity contribution is 7.91. The maximum Gasteiger partial charge on any atom is 0.181 e. The van der Waals surface area contributed by atoms with E-state index < -0.39 is 9.84 Å². The molecule has 0 bridgehead atoms. The number of unbranched alkanes of at least 4 members (excludes halogenated alkanes) is 2. The number of benzene rings is 2. The number of carbonyl (C=O) groups is 1. The summed E-state index contributed by atoms with van der Waals surface area (Å²) in [7, 11) is 0.168. The predicted molar refractivity (Wildman–Crippen MR) is 148 cm³/mol. The number of anilines is 3. The molecule has 0 N–H and O–H groups in total. The first-order valence-electron chi connectivity index (χ1n) is 12.9. The molecule has 1 aliphatic rings. The molecule has 0 saturated heterocycles. The van der Waals surface area contributed by atoms with Gasteiger partial charge in [-0.3, -0.25) is 4.79 Å². The van der Waals surface area contributed by atoms with Crippen LogP contribution in [0.5, 0.6) is 5.75 Å². The van der Waals surface area contributed by atoms with Crippen molar-refractivity contribution in [2.45, 2.75) is 64.2 Å². The normalized spacial score (nSPS) is 16.4. The number of rotatable bonds is 11. The van der Waals surface area contributed by atoms with Gasteiger partial charge in [0.1, 0.15) is 0 Å². The Hall–Kier alpha value is -2.80. The van der Waals surface area contributed by atoms with E-state index in [1.807, 2.05) is 55.4 Å². The molecule has 3 rings (SSSR count). The SMILES string of the molecule is CCCCC1(CCCC)CN(c2ccccc2)c2cc(N(C)C)c(O/C=C\C(C)=O)cc2S(=O)(=O)C1. The first-order chi connectivity index (χ1) is 17.1. The van der Waals surface area contributed by atoms with Crippen molar-refractivity contribution >= 4 is 32.7 Å². The minimum absolute atomic E-state index is 0.111. The molecular weight excluding hydrogens is 472 g/mol. The van der Waals surface area contributed by atoms with Gasteiger partial charge in [0.25, 0.3) is 0 Å². The van der Waals surface area contributed by atoms with Crippen LogP contribution in [0.3, 0.4) is 0 Å². The second-order valence-corrected chi connectivity index (χ2v) is 12.1. The van der Waals surface area contributed by atoms with Gasteiger partial charge in [-0.25, -0.2) is 8.42 Å². The largest absolute Gasteiger partial charge is 0.463 e. The highest BCUT2D eigenvalue weighted by atomic mass is 32.2. The van der Waals surface area contributed by atoms with Crippen LogP contribution in [0.4, 0.5) is 17.1 Å². The number of para-hydroxylation sites is 1. The number of hydrogen-bond donors (Lipinski definition) is 0. The Labute approximate surface area is 216 Å². The lowest BCUT2D eigenvalue weighted by molar-refractivity contribution is -0.112. The Balaban J connectivity index is 2.26. The van der Waals surface area contributed by atoms with E-state index in [2.05, 4.69) is 18.7 Å². The summed E-state index contributed by atoms with van der Waals surface area (Å²) in [6.45, 7) is 6.40. The van der Waals surface area contributed by atoms with Crippen molar-refractivity contribution in [3.05, 3.63) is 54.8 Å². The zero-order chi connectivity index (χ0) is 26.3. The molecule has 1 heterocycles. The minimum Gasteiger partial charge on any atom is -0.463 e. The van der Waals surface area contributed by atoms with Gasteiger partial charge in [0, 0.05) is 43.9 Å². The number of fused-ring (bicyclic) bond motifs is 1. The van der Waals surface area contributed by atoms with Crippen molar-refractivity contribution in [1.29, 1.82) is 0 Å². The van der Waals surface area contributed by atoms with Crippen molar-refractivity contribution in [2.24, 2.45) is 5.41 Å². The topological polar surface area (TPSA) is 66.9 Å². The lowest BCUT2D eigenvalue weighted by Gasteiger charge is -2.37. The Morgan fingerprint density at radius 3 is 2.28 bits per heavy atom. The summed E-state index contributed by atoms with van der Waals surface area (Å²) in [5.74, 6) is 0.374. The van der Waals surface area contributed by atoms with Gasteiger partial charge in [0.15, 0.2) is 21.4 Å². The quantitative estimate of drug-likeness (QED) is 0.252. The molecule has 0 aliphatic carbocycles. The Kier molecular flexibility index (Phi) is 9.23. The van der Waals surface area contributed by atoms with Crippen molar-refractivity contribution in [3.63, 3.8) is 0 Å². The van der Waals surface area contributed by atoms with Crippen LogP contribution in [0.2, 0.25) is 0 Å². The van der Waals surface area contributed by atoms with Crippen LogP contribution in [0, 0.1) is 5.41 Å². The molecule has 0 amide bonds. The molecule has 0 fully saturated rings. The molecule has 0 saturated carbocycles. The number of allylic oxidation sites excluding steroid dienone is 1. The van der Waals surface area contributed by atoms with Crippen molar-refractivity contribution in [3.8, 4) is 5.75 Å². The Morgan fingerprint density at radius 2 is 1.72 bits per heavy atom. The minimum atomic E-state index is -3.63. The van der Waals surface area contributed by atoms with Gasteiger partial charge in [-0.15, -0.1) is 0 Å². The predicted octanol–water partition coefficient (Wildman–Crippen LogP) is 6.53. The molecule has 36 heavy (non-hydrogen) atoms. The number of sulfone groups is 1. The van der Waals surface area contributed by atoms with Crippen LogP contribution >= 0.6 is 0 Å². The zero-order valence-electron chi connectivity index (χ0n) is 22.3. The number of ether oxygens (including phenoxy) is 1. The molecule has 0 atom stereocenters. The lowest BCUT2D eigenvalue weighted by Crippen LogP contribution is -2.38. The molecule has 1 aliphatic heterocycles. The van der Waals surface area contributed by atoms with E-state index in [4.69, 9.17) is 4.74 Å². The van der Waals surface area contributed by atoms with Gasteiger partial charge in [0.05, 0.1) is 28.3 Å². The van der Waals surface area contributed by atoms with Gasteiger partial charge in [-0.05, 0) is 38.0 Å². The fraction of sp³-hybridized carbons (Fsp3) is 0.483. The van der Waals surface area contributed by atoms with Crippen molar-refractivity contribution in [2.75, 3.05) is 36.2 Å². The van der Waals surface area contributed by atoms with Crippen molar-refractivity contribution in [1.82, 2.24) is 0 Å². The highest BCUT2D eigenvalue weighted by Gasteiger charge is 2.42. The second-order valence-electron chi connectivity index (χ2n) is 10.1. The molecule has 0 unspecified atom stereocenters. The third-order valence-corrected chi connectivity index (χ3v) is 8.81. The van der Waals surface area contributed by atoms with E-state index in [9.17, 15) is 13.2 Å². The molecule has 196 valence electrons. The number of carbonyl (C=O) groups excluding carboxylic acids is 1. The van der Waals surface area contributed by atoms with Crippen LogP contribution in [-0.4, -0.2) is 40.6 Å². The van der Waals surface area contributed by atoms with E-state index in [-0.39, 0.29) is 21.8 Å². The molecule has 0 aromatic heterocycles. The summed E-state index contributed by atoms with van der Waals surface area (Å²) in [5.41, 5.74) is 2.03. The van der Waals surface area contributed by atoms with Gasteiger partial charge >= 0.3 is 0 Å². The fourth-order valence-electron chi connectivity index (χ4n) is 4.96. The van der Waals surface area contributed by atoms with Crippen LogP contribution in [0.15, 0.2) is 59.7 Å². The summed E-state index contributed by atoms with van der Waals surface area (Å²) in [5, 5.41) is 0. The molecule has 2 aromatic carbocycles. The molecular formula is C29H40N2O4S. The van der Waals surface area contributed by atoms with E-state index in [0.717, 1.165) is 49.9 Å². The van der Waals surface area contributed by atoms with Crippen LogP contribution in [-0.2, 0) is 14.6 Å². The second kappa shape index (κ2) is 12.0. The van der Waals surface area contributed by atoms with Gasteiger partial charge in [-0.1, -0.05) is 57.7 Å². The molecule has 6 nitrogen and oxygen atoms in total. The van der Waals surface area contributed by atoms with E-state index >= 15 is 0 Å². The molecule has 2 aromatic rings. The maximum atomic E-state index is 14.1. The third kappa shape index (κ3) is 6.49. The fourth-order valence-corrected chi connectivity index (χ4v) is 7.08. The highest BCUT2D eigenvalue weighted by Crippen LogP contribution is 2.48. The van der Waals surface area contributed by atoms with Crippen molar-refractivity contribution < 1.29 is 17.9 Å². The molecule has 0 spiro atoms. The average molecular weight is 513 g/mol. The number of nitrogens with zero attached hydrogens (tertiary/aromatic N) is 2. The molecule has 7 heteroatoms. The maximum absolute atomic E-state index is 14.1. The molecule has 0 radical (unpaired) electrons. The Morgan fingerprint density at radius 1 is 1.08 bits per heavy atom. The van der Waals surface area contributed by atoms with Gasteiger partial charge < -0.3 is 14.5 Å². The third-order valence-electron chi connectivity index (χ3n) is 6.82. The zero-order valence-corrected chi connectivity index (χ0v) is 23.1. The first-order valence-corrected chi connectivity index (χ1v) is 14.5. The van der Waals surface area contributed by atoms with E-state index in [1.165, 1.54) is 19.3 Å². The lowest BCUT2D eigenvalue weighted by atomic mass is 9.79. The van der Waals surface area contributed by atoms with Gasteiger partial charge in [0.2, 0.25) is 0 Å². The smallest absolute Gasteiger partial charge is 0.181 e. The first kappa shape index (κ1) is 27.8. The summed E-state index contributed by atoms with van der Waals surface area (Å²) >= 11 is 0. The summed E-state index contributed by atoms with van der Waals surface area (Å²) in [6.07, 6.45) is 8.42. The standard InChI is InChI=1S/C29H40N2O4S/c1-6-8-16-29(17-9-7-2)21-31(24-13-11-10-12-14-24)26-19-25(30(4)5)27(35-18-15-23(3)32)20-28(26)36(33,34)22-29/h10-15,18-20H,6-9,16-17,21-22H2,1-5H3/b18-15-. The number of ketones is 1. The van der Waals surface area contributed by atoms with Crippen LogP contribution in [0.25, 0.3) is 0 Å². The van der Waals surface area contributed by atoms with E-state index in [0.29, 0.717) is 18.0 Å². The van der Waals surface area contributed by atoms with Crippen LogP contribution in [0.1, 0.15) is 59.3 Å². The summed E-state index contributed by atoms with van der Waals surface area (Å²) < 4.78 is 33.9. The summed E-state index contributed by atoms with van der Waals surface area (Å²) in [6, 6.07) is 13.6. The monoisotopic (exact) mass is 512 g/mol. The average Bonchev–Trinajstić information content (AvgIpc) is 2.93.